The summed E-state index contributed by atoms with van der Waals surface area (Å²) in [5.41, 5.74) is 2.25. The van der Waals surface area contributed by atoms with Crippen LogP contribution in [-0.2, 0) is 6.54 Å². The van der Waals surface area contributed by atoms with Gasteiger partial charge in [-0.1, -0.05) is 41.9 Å². The highest BCUT2D eigenvalue weighted by molar-refractivity contribution is 6.30. The molecule has 0 unspecified atom stereocenters. The largest absolute Gasteiger partial charge is 0.365 e. The fourth-order valence-corrected chi connectivity index (χ4v) is 2.05. The van der Waals surface area contributed by atoms with Crippen molar-refractivity contribution in [2.75, 3.05) is 11.4 Å². The van der Waals surface area contributed by atoms with Crippen molar-refractivity contribution in [2.45, 2.75) is 13.5 Å². The zero-order valence-corrected chi connectivity index (χ0v) is 11.3. The number of anilines is 1. The molecule has 19 heavy (non-hydrogen) atoms. The van der Waals surface area contributed by atoms with E-state index < -0.39 is 0 Å². The van der Waals surface area contributed by atoms with Gasteiger partial charge < -0.3 is 4.90 Å². The van der Waals surface area contributed by atoms with Crippen LogP contribution < -0.4 is 4.90 Å². The maximum Gasteiger partial charge on any atom is 0.171 e. The van der Waals surface area contributed by atoms with Crippen LogP contribution in [0.1, 0.15) is 18.1 Å². The number of nitrogens with zero attached hydrogens (tertiary/aromatic N) is 4. The van der Waals surface area contributed by atoms with Gasteiger partial charge in [0.25, 0.3) is 0 Å². The first kappa shape index (κ1) is 13.3. The summed E-state index contributed by atoms with van der Waals surface area (Å²) in [6, 6.07) is 12.1. The van der Waals surface area contributed by atoms with E-state index in [-0.39, 0.29) is 5.15 Å². The van der Waals surface area contributed by atoms with Gasteiger partial charge in [0.15, 0.2) is 5.15 Å². The molecule has 0 atom stereocenters. The number of nitriles is 1. The smallest absolute Gasteiger partial charge is 0.171 e. The van der Waals surface area contributed by atoms with Crippen LogP contribution >= 0.6 is 11.6 Å². The third-order valence-electron chi connectivity index (χ3n) is 2.84. The van der Waals surface area contributed by atoms with E-state index in [1.54, 1.807) is 6.20 Å². The minimum Gasteiger partial charge on any atom is -0.365 e. The van der Waals surface area contributed by atoms with E-state index in [0.717, 1.165) is 6.54 Å². The third-order valence-corrected chi connectivity index (χ3v) is 3.10. The van der Waals surface area contributed by atoms with E-state index in [1.165, 1.54) is 5.56 Å². The first-order chi connectivity index (χ1) is 9.26. The number of benzene rings is 1. The van der Waals surface area contributed by atoms with Gasteiger partial charge in [-0.05, 0) is 12.5 Å². The van der Waals surface area contributed by atoms with Crippen molar-refractivity contribution in [3.05, 3.63) is 52.8 Å². The zero-order chi connectivity index (χ0) is 13.7. The fourth-order valence-electron chi connectivity index (χ4n) is 1.87. The molecule has 1 heterocycles. The standard InChI is InChI=1S/C14H13ClN4/c1-2-19(10-11-6-4-3-5-7-11)13-9-17-18-14(15)12(13)8-16/h3-7,9H,2,10H2,1H3. The summed E-state index contributed by atoms with van der Waals surface area (Å²) >= 11 is 5.91. The first-order valence-corrected chi connectivity index (χ1v) is 6.34. The lowest BCUT2D eigenvalue weighted by Crippen LogP contribution is -2.23. The van der Waals surface area contributed by atoms with Gasteiger partial charge in [0.2, 0.25) is 0 Å². The van der Waals surface area contributed by atoms with Crippen molar-refractivity contribution < 1.29 is 0 Å². The molecule has 0 fully saturated rings. The van der Waals surface area contributed by atoms with E-state index in [1.807, 2.05) is 37.3 Å². The molecule has 2 aromatic rings. The number of hydrogen-bond acceptors (Lipinski definition) is 4. The average Bonchev–Trinajstić information content (AvgIpc) is 2.45. The average molecular weight is 273 g/mol. The summed E-state index contributed by atoms with van der Waals surface area (Å²) in [6.45, 7) is 3.48. The van der Waals surface area contributed by atoms with Crippen molar-refractivity contribution in [1.82, 2.24) is 10.2 Å². The molecular formula is C14H13ClN4. The molecule has 0 saturated heterocycles. The van der Waals surface area contributed by atoms with Gasteiger partial charge in [0, 0.05) is 13.1 Å². The summed E-state index contributed by atoms with van der Waals surface area (Å²) < 4.78 is 0. The highest BCUT2D eigenvalue weighted by Crippen LogP contribution is 2.24. The molecule has 5 heteroatoms. The molecule has 1 aromatic heterocycles. The number of hydrogen-bond donors (Lipinski definition) is 0. The SMILES string of the molecule is CCN(Cc1ccccc1)c1cnnc(Cl)c1C#N. The van der Waals surface area contributed by atoms with Crippen molar-refractivity contribution in [1.29, 1.82) is 5.26 Å². The molecule has 4 nitrogen and oxygen atoms in total. The summed E-state index contributed by atoms with van der Waals surface area (Å²) in [4.78, 5) is 2.05. The molecule has 0 saturated carbocycles. The van der Waals surface area contributed by atoms with Crippen LogP contribution in [0.3, 0.4) is 0 Å². The summed E-state index contributed by atoms with van der Waals surface area (Å²) in [6.07, 6.45) is 1.58. The van der Waals surface area contributed by atoms with Gasteiger partial charge in [-0.2, -0.15) is 10.4 Å². The van der Waals surface area contributed by atoms with Crippen molar-refractivity contribution in [2.24, 2.45) is 0 Å². The normalized spacial score (nSPS) is 9.95. The molecule has 0 spiro atoms. The minimum atomic E-state index is 0.145. The Morgan fingerprint density at radius 2 is 2.05 bits per heavy atom. The Labute approximate surface area is 117 Å². The molecule has 2 rings (SSSR count). The van der Waals surface area contributed by atoms with E-state index in [0.29, 0.717) is 17.8 Å². The van der Waals surface area contributed by atoms with Gasteiger partial charge in [-0.25, -0.2) is 0 Å². The van der Waals surface area contributed by atoms with Crippen LogP contribution in [0.4, 0.5) is 5.69 Å². The van der Waals surface area contributed by atoms with E-state index in [9.17, 15) is 5.26 Å². The van der Waals surface area contributed by atoms with Crippen molar-refractivity contribution in [3.63, 3.8) is 0 Å². The quantitative estimate of drug-likeness (QED) is 0.858. The lowest BCUT2D eigenvalue weighted by Gasteiger charge is -2.23. The van der Waals surface area contributed by atoms with Gasteiger partial charge >= 0.3 is 0 Å². The van der Waals surface area contributed by atoms with Gasteiger partial charge in [0.1, 0.15) is 11.6 Å². The molecular weight excluding hydrogens is 260 g/mol. The fraction of sp³-hybridized carbons (Fsp3) is 0.214. The van der Waals surface area contributed by atoms with E-state index in [2.05, 4.69) is 21.2 Å². The predicted molar refractivity (Wildman–Crippen MR) is 74.9 cm³/mol. The highest BCUT2D eigenvalue weighted by Gasteiger charge is 2.14. The monoisotopic (exact) mass is 272 g/mol. The van der Waals surface area contributed by atoms with Crippen LogP contribution in [0.25, 0.3) is 0 Å². The minimum absolute atomic E-state index is 0.145. The second-order valence-corrected chi connectivity index (χ2v) is 4.37. The zero-order valence-electron chi connectivity index (χ0n) is 10.5. The second-order valence-electron chi connectivity index (χ2n) is 4.01. The van der Waals surface area contributed by atoms with E-state index in [4.69, 9.17) is 11.6 Å². The lowest BCUT2D eigenvalue weighted by molar-refractivity contribution is 0.820. The Morgan fingerprint density at radius 3 is 2.68 bits per heavy atom. The van der Waals surface area contributed by atoms with Crippen LogP contribution in [-0.4, -0.2) is 16.7 Å². The van der Waals surface area contributed by atoms with Crippen LogP contribution in [0.5, 0.6) is 0 Å². The summed E-state index contributed by atoms with van der Waals surface area (Å²) in [5, 5.41) is 16.9. The van der Waals surface area contributed by atoms with Crippen molar-refractivity contribution in [3.8, 4) is 6.07 Å². The maximum atomic E-state index is 9.18. The predicted octanol–water partition coefficient (Wildman–Crippen LogP) is 3.03. The first-order valence-electron chi connectivity index (χ1n) is 5.96. The van der Waals surface area contributed by atoms with Crippen LogP contribution in [0.15, 0.2) is 36.5 Å². The topological polar surface area (TPSA) is 52.8 Å². The molecule has 96 valence electrons. The summed E-state index contributed by atoms with van der Waals surface area (Å²) in [7, 11) is 0. The Kier molecular flexibility index (Phi) is 4.32. The highest BCUT2D eigenvalue weighted by atomic mass is 35.5. The maximum absolute atomic E-state index is 9.18. The van der Waals surface area contributed by atoms with Crippen LogP contribution in [0, 0.1) is 11.3 Å². The number of aromatic nitrogens is 2. The molecule has 0 amide bonds. The molecule has 0 bridgehead atoms. The molecule has 0 aliphatic heterocycles. The molecule has 0 N–H and O–H groups in total. The molecule has 0 aliphatic carbocycles. The van der Waals surface area contributed by atoms with Gasteiger partial charge in [-0.15, -0.1) is 5.10 Å². The molecule has 0 aliphatic rings. The van der Waals surface area contributed by atoms with Crippen molar-refractivity contribution >= 4 is 17.3 Å². The summed E-state index contributed by atoms with van der Waals surface area (Å²) in [5.74, 6) is 0. The van der Waals surface area contributed by atoms with Gasteiger partial charge in [-0.3, -0.25) is 0 Å². The third kappa shape index (κ3) is 3.01. The Morgan fingerprint density at radius 1 is 1.32 bits per heavy atom. The van der Waals surface area contributed by atoms with Crippen LogP contribution in [0.2, 0.25) is 5.15 Å². The number of halogens is 1. The van der Waals surface area contributed by atoms with E-state index >= 15 is 0 Å². The number of rotatable bonds is 4. The second kappa shape index (κ2) is 6.17. The Hall–Kier alpha value is -2.12. The van der Waals surface area contributed by atoms with Gasteiger partial charge in [0.05, 0.1) is 11.9 Å². The molecule has 0 radical (unpaired) electrons. The molecule has 1 aromatic carbocycles. The Balaban J connectivity index is 2.33. The Bertz CT molecular complexity index is 592. The lowest BCUT2D eigenvalue weighted by atomic mass is 10.2.